The Morgan fingerprint density at radius 2 is 2.16 bits per heavy atom. The van der Waals surface area contributed by atoms with Crippen LogP contribution in [-0.2, 0) is 4.79 Å². The summed E-state index contributed by atoms with van der Waals surface area (Å²) in [5.41, 5.74) is -0.238. The van der Waals surface area contributed by atoms with Crippen LogP contribution in [0.4, 0.5) is 4.39 Å². The number of benzene rings is 1. The number of hydrogen-bond acceptors (Lipinski definition) is 4. The van der Waals surface area contributed by atoms with E-state index in [9.17, 15) is 14.0 Å². The van der Waals surface area contributed by atoms with Gasteiger partial charge in [0.15, 0.2) is 0 Å². The second-order valence-electron chi connectivity index (χ2n) is 4.16. The molecule has 2 unspecified atom stereocenters. The van der Waals surface area contributed by atoms with Crippen molar-refractivity contribution in [2.45, 2.75) is 18.3 Å². The molecular formula is C12H12FNO4S. The third kappa shape index (κ3) is 2.51. The Labute approximate surface area is 113 Å². The first-order valence-electron chi connectivity index (χ1n) is 5.57. The third-order valence-electron chi connectivity index (χ3n) is 2.93. The fourth-order valence-corrected chi connectivity index (χ4v) is 3.13. The van der Waals surface area contributed by atoms with E-state index in [2.05, 4.69) is 0 Å². The molecule has 0 spiro atoms. The van der Waals surface area contributed by atoms with Crippen LogP contribution in [0.1, 0.15) is 17.3 Å². The minimum Gasteiger partial charge on any atom is -0.508 e. The molecule has 102 valence electrons. The summed E-state index contributed by atoms with van der Waals surface area (Å²) >= 11 is 1.33. The number of aliphatic carboxylic acids is 1. The van der Waals surface area contributed by atoms with E-state index < -0.39 is 23.7 Å². The maximum Gasteiger partial charge on any atom is 0.327 e. The van der Waals surface area contributed by atoms with Gasteiger partial charge in [0.2, 0.25) is 0 Å². The number of phenolic OH excluding ortho intramolecular Hbond substituents is 1. The molecule has 0 saturated carbocycles. The predicted octanol–water partition coefficient (Wildman–Crippen LogP) is 1.52. The number of rotatable bonds is 2. The Kier molecular flexibility index (Phi) is 3.66. The zero-order valence-electron chi connectivity index (χ0n) is 10.0. The highest BCUT2D eigenvalue weighted by Gasteiger charge is 2.40. The second kappa shape index (κ2) is 5.08. The van der Waals surface area contributed by atoms with Crippen LogP contribution < -0.4 is 0 Å². The fourth-order valence-electron chi connectivity index (χ4n) is 1.96. The van der Waals surface area contributed by atoms with Gasteiger partial charge in [-0.05, 0) is 19.1 Å². The molecule has 1 amide bonds. The lowest BCUT2D eigenvalue weighted by Crippen LogP contribution is -2.45. The summed E-state index contributed by atoms with van der Waals surface area (Å²) in [4.78, 5) is 24.5. The van der Waals surface area contributed by atoms with Gasteiger partial charge < -0.3 is 15.1 Å². The molecule has 2 atom stereocenters. The Hall–Kier alpha value is -1.76. The van der Waals surface area contributed by atoms with Gasteiger partial charge in [0.1, 0.15) is 17.6 Å². The molecule has 1 aromatic rings. The van der Waals surface area contributed by atoms with Gasteiger partial charge in [-0.3, -0.25) is 4.79 Å². The average Bonchev–Trinajstić information content (AvgIpc) is 2.70. The molecule has 2 N–H and O–H groups in total. The lowest BCUT2D eigenvalue weighted by molar-refractivity contribution is -0.141. The molecule has 7 heteroatoms. The Morgan fingerprint density at radius 1 is 1.47 bits per heavy atom. The van der Waals surface area contributed by atoms with Crippen molar-refractivity contribution in [2.75, 3.05) is 5.75 Å². The van der Waals surface area contributed by atoms with Crippen LogP contribution in [0.2, 0.25) is 0 Å². The molecular weight excluding hydrogens is 273 g/mol. The SMILES string of the molecule is CC1SCC(C(=O)O)N1C(=O)c1ccc(O)cc1F. The molecule has 1 aliphatic heterocycles. The first-order valence-corrected chi connectivity index (χ1v) is 6.62. The number of carboxylic acid groups (broad SMARTS) is 1. The van der Waals surface area contributed by atoms with Crippen LogP contribution in [-0.4, -0.2) is 44.2 Å². The van der Waals surface area contributed by atoms with Crippen LogP contribution in [0, 0.1) is 5.82 Å². The van der Waals surface area contributed by atoms with Gasteiger partial charge in [0.05, 0.1) is 10.9 Å². The molecule has 1 fully saturated rings. The summed E-state index contributed by atoms with van der Waals surface area (Å²) in [6, 6.07) is 2.22. The zero-order chi connectivity index (χ0) is 14.2. The van der Waals surface area contributed by atoms with Crippen molar-refractivity contribution in [2.24, 2.45) is 0 Å². The zero-order valence-corrected chi connectivity index (χ0v) is 10.9. The third-order valence-corrected chi connectivity index (χ3v) is 4.14. The lowest BCUT2D eigenvalue weighted by atomic mass is 10.1. The number of halogens is 1. The highest BCUT2D eigenvalue weighted by Crippen LogP contribution is 2.31. The highest BCUT2D eigenvalue weighted by molar-refractivity contribution is 8.00. The summed E-state index contributed by atoms with van der Waals surface area (Å²) in [6.45, 7) is 1.70. The molecule has 1 saturated heterocycles. The molecule has 0 aromatic heterocycles. The van der Waals surface area contributed by atoms with Gasteiger partial charge in [-0.25, -0.2) is 9.18 Å². The van der Waals surface area contributed by atoms with Crippen LogP contribution in [0.15, 0.2) is 18.2 Å². The molecule has 1 aliphatic rings. The predicted molar refractivity (Wildman–Crippen MR) is 67.6 cm³/mol. The van der Waals surface area contributed by atoms with E-state index >= 15 is 0 Å². The molecule has 19 heavy (non-hydrogen) atoms. The minimum atomic E-state index is -1.11. The average molecular weight is 285 g/mol. The lowest BCUT2D eigenvalue weighted by Gasteiger charge is -2.25. The van der Waals surface area contributed by atoms with Gasteiger partial charge >= 0.3 is 5.97 Å². The van der Waals surface area contributed by atoms with E-state index in [-0.39, 0.29) is 22.4 Å². The van der Waals surface area contributed by atoms with Gasteiger partial charge in [-0.15, -0.1) is 11.8 Å². The minimum absolute atomic E-state index is 0.238. The van der Waals surface area contributed by atoms with Gasteiger partial charge in [-0.2, -0.15) is 0 Å². The number of aromatic hydroxyl groups is 1. The van der Waals surface area contributed by atoms with Crippen molar-refractivity contribution in [3.05, 3.63) is 29.6 Å². The topological polar surface area (TPSA) is 77.8 Å². The Bertz CT molecular complexity index is 536. The van der Waals surface area contributed by atoms with E-state index in [0.717, 1.165) is 17.0 Å². The van der Waals surface area contributed by atoms with Crippen molar-refractivity contribution in [1.82, 2.24) is 4.90 Å². The molecule has 0 aliphatic carbocycles. The van der Waals surface area contributed by atoms with Crippen LogP contribution in [0.25, 0.3) is 0 Å². The summed E-state index contributed by atoms with van der Waals surface area (Å²) in [5, 5.41) is 17.9. The molecule has 1 heterocycles. The van der Waals surface area contributed by atoms with Crippen LogP contribution in [0.5, 0.6) is 5.75 Å². The van der Waals surface area contributed by atoms with Crippen molar-refractivity contribution >= 4 is 23.6 Å². The van der Waals surface area contributed by atoms with E-state index in [1.807, 2.05) is 0 Å². The highest BCUT2D eigenvalue weighted by atomic mass is 32.2. The first kappa shape index (κ1) is 13.7. The first-order chi connectivity index (χ1) is 8.91. The van der Waals surface area contributed by atoms with Crippen molar-refractivity contribution in [3.63, 3.8) is 0 Å². The molecule has 0 bridgehead atoms. The van der Waals surface area contributed by atoms with E-state index in [1.165, 1.54) is 17.8 Å². The number of nitrogens with zero attached hydrogens (tertiary/aromatic N) is 1. The van der Waals surface area contributed by atoms with Gasteiger partial charge in [-0.1, -0.05) is 0 Å². The van der Waals surface area contributed by atoms with Crippen LogP contribution >= 0.6 is 11.8 Å². The number of thioether (sulfide) groups is 1. The molecule has 1 aromatic carbocycles. The fraction of sp³-hybridized carbons (Fsp3) is 0.333. The summed E-state index contributed by atoms with van der Waals surface area (Å²) in [6.07, 6.45) is 0. The van der Waals surface area contributed by atoms with E-state index in [4.69, 9.17) is 10.2 Å². The Morgan fingerprint density at radius 3 is 2.74 bits per heavy atom. The number of carbonyl (C=O) groups is 2. The van der Waals surface area contributed by atoms with Crippen molar-refractivity contribution in [1.29, 1.82) is 0 Å². The number of carbonyl (C=O) groups excluding carboxylic acids is 1. The summed E-state index contributed by atoms with van der Waals surface area (Å²) in [5.74, 6) is -2.65. The van der Waals surface area contributed by atoms with E-state index in [1.54, 1.807) is 6.92 Å². The molecule has 5 nitrogen and oxygen atoms in total. The number of carboxylic acids is 1. The van der Waals surface area contributed by atoms with Crippen molar-refractivity contribution in [3.8, 4) is 5.75 Å². The normalized spacial score (nSPS) is 22.5. The summed E-state index contributed by atoms with van der Waals surface area (Å²) < 4.78 is 13.6. The summed E-state index contributed by atoms with van der Waals surface area (Å²) in [7, 11) is 0. The molecule has 2 rings (SSSR count). The van der Waals surface area contributed by atoms with Gasteiger partial charge in [0.25, 0.3) is 5.91 Å². The molecule has 0 radical (unpaired) electrons. The second-order valence-corrected chi connectivity index (χ2v) is 5.51. The number of hydrogen-bond donors (Lipinski definition) is 2. The van der Waals surface area contributed by atoms with Crippen molar-refractivity contribution < 1.29 is 24.2 Å². The largest absolute Gasteiger partial charge is 0.508 e. The smallest absolute Gasteiger partial charge is 0.327 e. The Balaban J connectivity index is 2.34. The monoisotopic (exact) mass is 285 g/mol. The maximum atomic E-state index is 13.6. The number of phenols is 1. The van der Waals surface area contributed by atoms with Gasteiger partial charge in [0, 0.05) is 11.8 Å². The number of amides is 1. The standard InChI is InChI=1S/C12H12FNO4S/c1-6-14(10(5-19-6)12(17)18)11(16)8-3-2-7(15)4-9(8)13/h2-4,6,10,15H,5H2,1H3,(H,17,18). The quantitative estimate of drug-likeness (QED) is 0.861. The maximum absolute atomic E-state index is 13.6. The van der Waals surface area contributed by atoms with Crippen LogP contribution in [0.3, 0.4) is 0 Å². The van der Waals surface area contributed by atoms with E-state index in [0.29, 0.717) is 0 Å².